The number of halogens is 2. The highest BCUT2D eigenvalue weighted by atomic mass is 31.2. The third-order valence-electron chi connectivity index (χ3n) is 5.28. The lowest BCUT2D eigenvalue weighted by Crippen LogP contribution is -2.46. The van der Waals surface area contributed by atoms with E-state index in [4.69, 9.17) is 24.0 Å². The highest BCUT2D eigenvalue weighted by Crippen LogP contribution is 2.57. The molecule has 0 spiro atoms. The Bertz CT molecular complexity index is 1070. The van der Waals surface area contributed by atoms with Crippen molar-refractivity contribution in [2.75, 3.05) is 13.2 Å². The van der Waals surface area contributed by atoms with E-state index in [2.05, 4.69) is 0 Å². The predicted molar refractivity (Wildman–Crippen MR) is 105 cm³/mol. The van der Waals surface area contributed by atoms with Crippen molar-refractivity contribution in [1.29, 1.82) is 0 Å². The van der Waals surface area contributed by atoms with Gasteiger partial charge in [-0.2, -0.15) is 4.57 Å². The van der Waals surface area contributed by atoms with E-state index in [1.807, 2.05) is 0 Å². The number of pyridine rings is 1. The molecule has 2 saturated heterocycles. The van der Waals surface area contributed by atoms with Gasteiger partial charge in [-0.3, -0.25) is 18.4 Å². The summed E-state index contributed by atoms with van der Waals surface area (Å²) >= 11 is 0. The third-order valence-corrected chi connectivity index (χ3v) is 6.75. The fraction of sp³-hybridized carbons (Fsp3) is 0.400. The van der Waals surface area contributed by atoms with Gasteiger partial charge in [-0.1, -0.05) is 0 Å². The number of aliphatic hydroxyl groups is 2. The number of amides is 1. The Balaban J connectivity index is 1.42. The van der Waals surface area contributed by atoms with Crippen LogP contribution in [0.4, 0.5) is 8.78 Å². The monoisotopic (exact) mass is 487 g/mol. The number of ether oxygens (including phenoxy) is 1. The summed E-state index contributed by atoms with van der Waals surface area (Å²) in [5.41, 5.74) is 5.56. The van der Waals surface area contributed by atoms with Crippen molar-refractivity contribution in [3.63, 3.8) is 0 Å². The Hall–Kier alpha value is -2.31. The summed E-state index contributed by atoms with van der Waals surface area (Å²) in [5, 5.41) is 20.7. The third kappa shape index (κ3) is 5.28. The lowest BCUT2D eigenvalue weighted by molar-refractivity contribution is -0.765. The van der Waals surface area contributed by atoms with E-state index in [1.54, 1.807) is 0 Å². The minimum absolute atomic E-state index is 0.0604. The van der Waals surface area contributed by atoms with Crippen LogP contribution in [0.15, 0.2) is 42.7 Å². The van der Waals surface area contributed by atoms with Gasteiger partial charge in [-0.15, -0.1) is 0 Å². The first-order valence-electron chi connectivity index (χ1n) is 10.0. The van der Waals surface area contributed by atoms with Gasteiger partial charge in [0.05, 0.1) is 19.3 Å². The minimum Gasteiger partial charge on any atom is -0.387 e. The molecular weight excluding hydrogens is 465 g/mol. The van der Waals surface area contributed by atoms with Gasteiger partial charge in [0, 0.05) is 18.6 Å². The van der Waals surface area contributed by atoms with E-state index in [0.717, 1.165) is 12.1 Å². The largest absolute Gasteiger partial charge is 0.475 e. The second-order valence-corrected chi connectivity index (χ2v) is 9.23. The van der Waals surface area contributed by atoms with E-state index in [-0.39, 0.29) is 24.2 Å². The summed E-state index contributed by atoms with van der Waals surface area (Å²) < 4.78 is 62.7. The molecule has 2 aliphatic rings. The highest BCUT2D eigenvalue weighted by molar-refractivity contribution is 7.48. The number of aliphatic hydroxyl groups excluding tert-OH is 2. The molecule has 0 aliphatic carbocycles. The van der Waals surface area contributed by atoms with Crippen molar-refractivity contribution in [3.8, 4) is 0 Å². The van der Waals surface area contributed by atoms with Gasteiger partial charge in [-0.05, 0) is 23.8 Å². The van der Waals surface area contributed by atoms with Crippen molar-refractivity contribution in [2.45, 2.75) is 37.1 Å². The summed E-state index contributed by atoms with van der Waals surface area (Å²) in [6.07, 6.45) is -2.92. The number of phosphoric ester groups is 1. The summed E-state index contributed by atoms with van der Waals surface area (Å²) in [7, 11) is -4.16. The van der Waals surface area contributed by atoms with Crippen molar-refractivity contribution in [1.82, 2.24) is 0 Å². The number of aromatic nitrogens is 1. The number of carbonyl (C=O) groups is 1. The maximum atomic E-state index is 13.5. The number of benzene rings is 1. The van der Waals surface area contributed by atoms with Crippen molar-refractivity contribution in [3.05, 3.63) is 65.5 Å². The quantitative estimate of drug-likeness (QED) is 0.409. The van der Waals surface area contributed by atoms with Gasteiger partial charge in [0.25, 0.3) is 12.1 Å². The van der Waals surface area contributed by atoms with Gasteiger partial charge in [-0.25, -0.2) is 13.3 Å². The lowest BCUT2D eigenvalue weighted by Gasteiger charge is -2.29. The van der Waals surface area contributed by atoms with E-state index in [0.29, 0.717) is 6.07 Å². The van der Waals surface area contributed by atoms with Gasteiger partial charge in [0.1, 0.15) is 29.4 Å². The Morgan fingerprint density at radius 1 is 1.24 bits per heavy atom. The second kappa shape index (κ2) is 9.51. The maximum absolute atomic E-state index is 13.5. The molecule has 13 heteroatoms. The molecule has 4 rings (SSSR count). The van der Waals surface area contributed by atoms with Crippen LogP contribution in [-0.4, -0.2) is 47.6 Å². The SMILES string of the molecule is NC(=O)c1ccc[n+]([C@@H]2OC(COP3(=O)OCCC(c4cc(F)cc(F)c4)O3)[C@@H](O)[C@H]2O)c1. The molecule has 6 atom stereocenters. The summed E-state index contributed by atoms with van der Waals surface area (Å²) in [6, 6.07) is 5.82. The van der Waals surface area contributed by atoms with Crippen LogP contribution in [-0.2, 0) is 22.9 Å². The van der Waals surface area contributed by atoms with Gasteiger partial charge < -0.3 is 20.7 Å². The normalized spacial score (nSPS) is 32.1. The van der Waals surface area contributed by atoms with Crippen LogP contribution >= 0.6 is 7.82 Å². The molecule has 1 aromatic heterocycles. The van der Waals surface area contributed by atoms with E-state index < -0.39 is 62.6 Å². The Morgan fingerprint density at radius 3 is 2.67 bits per heavy atom. The first-order valence-corrected chi connectivity index (χ1v) is 11.5. The van der Waals surface area contributed by atoms with Crippen LogP contribution in [0.1, 0.15) is 34.7 Å². The highest BCUT2D eigenvalue weighted by Gasteiger charge is 2.49. The molecule has 1 aromatic carbocycles. The lowest BCUT2D eigenvalue weighted by atomic mass is 10.1. The molecule has 2 fully saturated rings. The molecule has 0 bridgehead atoms. The topological polar surface area (TPSA) is 141 Å². The standard InChI is InChI=1S/C20H21F2N2O8P/c21-13-6-12(7-14(22)8-13)15-3-5-29-33(28,32-15)30-10-16-17(25)18(26)20(31-16)24-4-1-2-11(9-24)19(23)27/h1-2,4,6-9,15-18,20,25-26H,3,5,10H2,(H-,23,27)/p+1/t15?,16?,17-,18-,20-,33?/m1/s1. The fourth-order valence-electron chi connectivity index (χ4n) is 3.64. The van der Waals surface area contributed by atoms with Crippen molar-refractivity contribution >= 4 is 13.7 Å². The number of carbonyl (C=O) groups excluding carboxylic acids is 1. The molecule has 178 valence electrons. The number of nitrogens with zero attached hydrogens (tertiary/aromatic N) is 1. The van der Waals surface area contributed by atoms with Crippen molar-refractivity contribution < 1.29 is 51.2 Å². The van der Waals surface area contributed by atoms with E-state index >= 15 is 0 Å². The van der Waals surface area contributed by atoms with E-state index in [9.17, 15) is 28.4 Å². The number of phosphoric acid groups is 1. The van der Waals surface area contributed by atoms with Crippen LogP contribution in [0.25, 0.3) is 0 Å². The van der Waals surface area contributed by atoms with Crippen LogP contribution in [0, 0.1) is 11.6 Å². The first kappa shape index (κ1) is 23.8. The Morgan fingerprint density at radius 2 is 1.97 bits per heavy atom. The number of primary amides is 1. The minimum atomic E-state index is -4.16. The van der Waals surface area contributed by atoms with Gasteiger partial charge in [0.2, 0.25) is 0 Å². The van der Waals surface area contributed by atoms with Crippen molar-refractivity contribution in [2.24, 2.45) is 5.73 Å². The molecule has 3 heterocycles. The van der Waals surface area contributed by atoms with Crippen LogP contribution in [0.5, 0.6) is 0 Å². The Labute approximate surface area is 187 Å². The molecule has 3 unspecified atom stereocenters. The predicted octanol–water partition coefficient (Wildman–Crippen LogP) is 1.27. The molecule has 0 saturated carbocycles. The first-order chi connectivity index (χ1) is 15.6. The molecular formula is C20H22F2N2O8P+. The second-order valence-electron chi connectivity index (χ2n) is 7.61. The number of hydrogen-bond donors (Lipinski definition) is 3. The number of nitrogens with two attached hydrogens (primary N) is 1. The average Bonchev–Trinajstić information content (AvgIpc) is 3.06. The Kier molecular flexibility index (Phi) is 6.87. The molecule has 0 radical (unpaired) electrons. The molecule has 10 nitrogen and oxygen atoms in total. The number of hydrogen-bond acceptors (Lipinski definition) is 8. The van der Waals surface area contributed by atoms with Crippen LogP contribution in [0.2, 0.25) is 0 Å². The zero-order chi connectivity index (χ0) is 23.8. The van der Waals surface area contributed by atoms with Crippen LogP contribution < -0.4 is 10.3 Å². The molecule has 1 amide bonds. The van der Waals surface area contributed by atoms with Gasteiger partial charge in [0.15, 0.2) is 18.5 Å². The zero-order valence-corrected chi connectivity index (χ0v) is 18.0. The summed E-state index contributed by atoms with van der Waals surface area (Å²) in [4.78, 5) is 11.4. The molecule has 2 aromatic rings. The fourth-order valence-corrected chi connectivity index (χ4v) is 5.04. The van der Waals surface area contributed by atoms with Gasteiger partial charge >= 0.3 is 7.82 Å². The summed E-state index contributed by atoms with van der Waals surface area (Å²) in [6.45, 7) is -0.540. The molecule has 33 heavy (non-hydrogen) atoms. The van der Waals surface area contributed by atoms with E-state index in [1.165, 1.54) is 29.1 Å². The maximum Gasteiger partial charge on any atom is 0.475 e. The number of rotatable bonds is 6. The molecule has 4 N–H and O–H groups in total. The summed E-state index contributed by atoms with van der Waals surface area (Å²) in [5.74, 6) is -2.30. The average molecular weight is 487 g/mol. The zero-order valence-electron chi connectivity index (χ0n) is 17.1. The molecule has 2 aliphatic heterocycles. The van der Waals surface area contributed by atoms with Crippen LogP contribution in [0.3, 0.4) is 0 Å². The smallest absolute Gasteiger partial charge is 0.387 e.